The Morgan fingerprint density at radius 1 is 1.14 bits per heavy atom. The largest absolute Gasteiger partial charge is 0.394 e. The number of aliphatic hydroxyl groups excluding tert-OH is 1. The van der Waals surface area contributed by atoms with E-state index in [9.17, 15) is 5.11 Å². The maximum atomic E-state index is 9.75. The third-order valence-corrected chi connectivity index (χ3v) is 3.61. The third-order valence-electron chi connectivity index (χ3n) is 3.61. The van der Waals surface area contributed by atoms with Gasteiger partial charge in [0.25, 0.3) is 0 Å². The molecule has 1 aromatic carbocycles. The van der Waals surface area contributed by atoms with Gasteiger partial charge in [-0.25, -0.2) is 4.68 Å². The molecule has 0 aliphatic carbocycles. The lowest BCUT2D eigenvalue weighted by atomic mass is 9.93. The predicted octanol–water partition coefficient (Wildman–Crippen LogP) is 2.03. The zero-order chi connectivity index (χ0) is 15.5. The van der Waals surface area contributed by atoms with Crippen LogP contribution in [0.5, 0.6) is 0 Å². The summed E-state index contributed by atoms with van der Waals surface area (Å²) in [5.41, 5.74) is 1.34. The Bertz CT molecular complexity index is 573. The Morgan fingerprint density at radius 2 is 1.81 bits per heavy atom. The molecule has 1 heterocycles. The number of benzene rings is 1. The maximum Gasteiger partial charge on any atom is 0.0965 e. The minimum absolute atomic E-state index is 0.0183. The van der Waals surface area contributed by atoms with Gasteiger partial charge in [0.05, 0.1) is 29.6 Å². The van der Waals surface area contributed by atoms with E-state index < -0.39 is 5.54 Å². The second-order valence-corrected chi connectivity index (χ2v) is 6.54. The number of aromatic nitrogens is 3. The molecule has 1 atom stereocenters. The van der Waals surface area contributed by atoms with Gasteiger partial charge in [0.15, 0.2) is 0 Å². The summed E-state index contributed by atoms with van der Waals surface area (Å²) >= 11 is 0. The van der Waals surface area contributed by atoms with Crippen molar-refractivity contribution < 1.29 is 5.11 Å². The lowest BCUT2D eigenvalue weighted by molar-refractivity contribution is 0.173. The molecule has 21 heavy (non-hydrogen) atoms. The van der Waals surface area contributed by atoms with E-state index in [0.717, 1.165) is 11.3 Å². The van der Waals surface area contributed by atoms with Crippen LogP contribution in [-0.4, -0.2) is 26.7 Å². The first kappa shape index (κ1) is 15.7. The molecule has 114 valence electrons. The van der Waals surface area contributed by atoms with E-state index in [0.29, 0.717) is 6.54 Å². The number of nitrogens with one attached hydrogen (secondary N) is 1. The molecule has 0 saturated carbocycles. The molecule has 1 aromatic heterocycles. The van der Waals surface area contributed by atoms with Gasteiger partial charge in [-0.1, -0.05) is 35.5 Å². The highest BCUT2D eigenvalue weighted by molar-refractivity contribution is 5.23. The van der Waals surface area contributed by atoms with E-state index in [1.165, 1.54) is 0 Å². The van der Waals surface area contributed by atoms with Gasteiger partial charge in [-0.3, -0.25) is 5.32 Å². The highest BCUT2D eigenvalue weighted by Gasteiger charge is 2.25. The van der Waals surface area contributed by atoms with Crippen LogP contribution in [-0.2, 0) is 17.6 Å². The van der Waals surface area contributed by atoms with Gasteiger partial charge in [-0.05, 0) is 33.3 Å². The number of aliphatic hydroxyl groups is 1. The predicted molar refractivity (Wildman–Crippen MR) is 82.7 cm³/mol. The average Bonchev–Trinajstić information content (AvgIpc) is 2.95. The first-order chi connectivity index (χ1) is 9.85. The first-order valence-electron chi connectivity index (χ1n) is 7.18. The van der Waals surface area contributed by atoms with Crippen LogP contribution in [0, 0.1) is 0 Å². The van der Waals surface area contributed by atoms with Crippen LogP contribution < -0.4 is 5.32 Å². The molecule has 1 unspecified atom stereocenters. The van der Waals surface area contributed by atoms with E-state index in [2.05, 4.69) is 36.4 Å². The summed E-state index contributed by atoms with van der Waals surface area (Å²) in [6, 6.07) is 9.93. The van der Waals surface area contributed by atoms with E-state index >= 15 is 0 Å². The Balaban J connectivity index is 2.09. The van der Waals surface area contributed by atoms with E-state index in [4.69, 9.17) is 0 Å². The average molecular weight is 288 g/mol. The van der Waals surface area contributed by atoms with E-state index in [-0.39, 0.29) is 12.1 Å². The topological polar surface area (TPSA) is 63.0 Å². The Kier molecular flexibility index (Phi) is 4.44. The minimum atomic E-state index is -0.493. The molecule has 0 spiro atoms. The van der Waals surface area contributed by atoms with E-state index in [1.807, 2.05) is 48.1 Å². The van der Waals surface area contributed by atoms with Crippen LogP contribution in [0.2, 0.25) is 0 Å². The molecule has 5 nitrogen and oxygen atoms in total. The lowest BCUT2D eigenvalue weighted by Crippen LogP contribution is -2.42. The fourth-order valence-corrected chi connectivity index (χ4v) is 2.05. The molecular formula is C16H24N4O. The maximum absolute atomic E-state index is 9.75. The van der Waals surface area contributed by atoms with Crippen LogP contribution in [0.15, 0.2) is 36.5 Å². The zero-order valence-electron chi connectivity index (χ0n) is 13.2. The summed E-state index contributed by atoms with van der Waals surface area (Å²) in [6.07, 6.45) is 1.94. The molecule has 2 rings (SSSR count). The van der Waals surface area contributed by atoms with Crippen LogP contribution >= 0.6 is 0 Å². The smallest absolute Gasteiger partial charge is 0.0965 e. The van der Waals surface area contributed by atoms with Gasteiger partial charge in [0.1, 0.15) is 0 Å². The fraction of sp³-hybridized carbons (Fsp3) is 0.500. The molecule has 0 radical (unpaired) electrons. The second kappa shape index (κ2) is 5.95. The Labute approximate surface area is 126 Å². The highest BCUT2D eigenvalue weighted by Crippen LogP contribution is 2.20. The van der Waals surface area contributed by atoms with Crippen molar-refractivity contribution in [1.29, 1.82) is 0 Å². The third kappa shape index (κ3) is 3.68. The summed E-state index contributed by atoms with van der Waals surface area (Å²) in [5.74, 6) is 0. The summed E-state index contributed by atoms with van der Waals surface area (Å²) in [7, 11) is 0. The summed E-state index contributed by atoms with van der Waals surface area (Å²) in [6.45, 7) is 8.81. The normalized spacial score (nSPS) is 14.9. The van der Waals surface area contributed by atoms with Crippen molar-refractivity contribution in [2.24, 2.45) is 0 Å². The van der Waals surface area contributed by atoms with Gasteiger partial charge in [-0.2, -0.15) is 0 Å². The van der Waals surface area contributed by atoms with Crippen molar-refractivity contribution in [2.75, 3.05) is 6.61 Å². The Hall–Kier alpha value is -1.72. The van der Waals surface area contributed by atoms with Crippen molar-refractivity contribution in [3.63, 3.8) is 0 Å². The number of hydrogen-bond donors (Lipinski definition) is 2. The molecule has 0 aliphatic heterocycles. The van der Waals surface area contributed by atoms with Crippen LogP contribution in [0.4, 0.5) is 0 Å². The van der Waals surface area contributed by atoms with Gasteiger partial charge < -0.3 is 5.11 Å². The van der Waals surface area contributed by atoms with Crippen molar-refractivity contribution in [1.82, 2.24) is 20.3 Å². The standard InChI is InChI=1S/C16H24N4O/c1-15(2,3)20-11-14(18-19-20)10-17-16(4,12-21)13-8-6-5-7-9-13/h5-9,11,17,21H,10,12H2,1-4H3. The summed E-state index contributed by atoms with van der Waals surface area (Å²) in [4.78, 5) is 0. The highest BCUT2D eigenvalue weighted by atomic mass is 16.3. The molecule has 0 aliphatic rings. The molecule has 2 aromatic rings. The van der Waals surface area contributed by atoms with Gasteiger partial charge in [0, 0.05) is 6.54 Å². The molecule has 0 bridgehead atoms. The second-order valence-electron chi connectivity index (χ2n) is 6.54. The SMILES string of the molecule is CC(CO)(NCc1cn(C(C)(C)C)nn1)c1ccccc1. The van der Waals surface area contributed by atoms with Crippen molar-refractivity contribution in [3.05, 3.63) is 47.8 Å². The van der Waals surface area contributed by atoms with Crippen molar-refractivity contribution in [2.45, 2.75) is 45.3 Å². The number of hydrogen-bond acceptors (Lipinski definition) is 4. The quantitative estimate of drug-likeness (QED) is 0.883. The van der Waals surface area contributed by atoms with Gasteiger partial charge in [-0.15, -0.1) is 5.10 Å². The van der Waals surface area contributed by atoms with Crippen molar-refractivity contribution in [3.8, 4) is 0 Å². The summed E-state index contributed by atoms with van der Waals surface area (Å²) in [5, 5.41) is 21.5. The summed E-state index contributed by atoms with van der Waals surface area (Å²) < 4.78 is 1.85. The minimum Gasteiger partial charge on any atom is -0.394 e. The van der Waals surface area contributed by atoms with Crippen molar-refractivity contribution >= 4 is 0 Å². The van der Waals surface area contributed by atoms with Gasteiger partial charge >= 0.3 is 0 Å². The molecule has 2 N–H and O–H groups in total. The molecule has 5 heteroatoms. The Morgan fingerprint density at radius 3 is 2.33 bits per heavy atom. The van der Waals surface area contributed by atoms with E-state index in [1.54, 1.807) is 0 Å². The monoisotopic (exact) mass is 288 g/mol. The van der Waals surface area contributed by atoms with Crippen LogP contribution in [0.25, 0.3) is 0 Å². The number of nitrogens with zero attached hydrogens (tertiary/aromatic N) is 3. The molecule has 0 amide bonds. The molecular weight excluding hydrogens is 264 g/mol. The fourth-order valence-electron chi connectivity index (χ4n) is 2.05. The van der Waals surface area contributed by atoms with Crippen LogP contribution in [0.1, 0.15) is 39.0 Å². The lowest BCUT2D eigenvalue weighted by Gasteiger charge is -2.29. The molecule has 0 saturated heterocycles. The van der Waals surface area contributed by atoms with Crippen LogP contribution in [0.3, 0.4) is 0 Å². The molecule has 0 fully saturated rings. The zero-order valence-corrected chi connectivity index (χ0v) is 13.2. The number of rotatable bonds is 5. The first-order valence-corrected chi connectivity index (χ1v) is 7.18. The van der Waals surface area contributed by atoms with Gasteiger partial charge in [0.2, 0.25) is 0 Å².